The second kappa shape index (κ2) is 6.25. The smallest absolute Gasteiger partial charge is 0.0991 e. The molecule has 70 valence electrons. The topological polar surface area (TPSA) is 23.8 Å². The van der Waals surface area contributed by atoms with Crippen molar-refractivity contribution in [1.82, 2.24) is 0 Å². The van der Waals surface area contributed by atoms with Crippen molar-refractivity contribution in [2.75, 3.05) is 0 Å². The van der Waals surface area contributed by atoms with Gasteiger partial charge in [-0.3, -0.25) is 0 Å². The van der Waals surface area contributed by atoms with Gasteiger partial charge in [-0.05, 0) is 39.3 Å². The van der Waals surface area contributed by atoms with Gasteiger partial charge in [-0.1, -0.05) is 24.1 Å². The second-order valence-corrected chi connectivity index (χ2v) is 3.09. The summed E-state index contributed by atoms with van der Waals surface area (Å²) in [7, 11) is 0. The molecule has 0 N–H and O–H groups in total. The molecule has 0 fully saturated rings. The maximum Gasteiger partial charge on any atom is 0.0991 e. The first-order valence-electron chi connectivity index (χ1n) is 4.55. The van der Waals surface area contributed by atoms with Gasteiger partial charge in [0, 0.05) is 0 Å². The molecule has 0 unspecified atom stereocenters. The molecule has 0 aromatic carbocycles. The molecular weight excluding hydrogens is 158 g/mol. The van der Waals surface area contributed by atoms with Gasteiger partial charge in [-0.15, -0.1) is 0 Å². The quantitative estimate of drug-likeness (QED) is 0.473. The van der Waals surface area contributed by atoms with Crippen molar-refractivity contribution in [2.24, 2.45) is 0 Å². The zero-order chi connectivity index (χ0) is 10.3. The van der Waals surface area contributed by atoms with Crippen molar-refractivity contribution in [3.63, 3.8) is 0 Å². The monoisotopic (exact) mass is 175 g/mol. The van der Waals surface area contributed by atoms with Crippen molar-refractivity contribution < 1.29 is 0 Å². The van der Waals surface area contributed by atoms with Gasteiger partial charge in [0.25, 0.3) is 0 Å². The predicted molar refractivity (Wildman–Crippen MR) is 57.2 cm³/mol. The van der Waals surface area contributed by atoms with Crippen LogP contribution in [0, 0.1) is 11.3 Å². The largest absolute Gasteiger partial charge is 0.192 e. The molecule has 0 aromatic heterocycles. The second-order valence-electron chi connectivity index (χ2n) is 3.09. The predicted octanol–water partition coefficient (Wildman–Crippen LogP) is 3.76. The minimum absolute atomic E-state index is 0.731. The van der Waals surface area contributed by atoms with Gasteiger partial charge in [0.05, 0.1) is 11.6 Å². The summed E-state index contributed by atoms with van der Waals surface area (Å²) in [5.74, 6) is 0. The number of nitriles is 1. The minimum Gasteiger partial charge on any atom is -0.192 e. The summed E-state index contributed by atoms with van der Waals surface area (Å²) in [6, 6.07) is 2.18. The molecule has 0 radical (unpaired) electrons. The van der Waals surface area contributed by atoms with Crippen LogP contribution >= 0.6 is 0 Å². The maximum absolute atomic E-state index is 8.82. The average Bonchev–Trinajstić information content (AvgIpc) is 2.16. The Morgan fingerprint density at radius 3 is 2.31 bits per heavy atom. The SMILES string of the molecule is C\C=C(C)/C=C(C#N)\C=C(\C)CC. The summed E-state index contributed by atoms with van der Waals surface area (Å²) in [5.41, 5.74) is 3.09. The lowest BCUT2D eigenvalue weighted by molar-refractivity contribution is 1.10. The van der Waals surface area contributed by atoms with Crippen molar-refractivity contribution >= 4 is 0 Å². The molecule has 1 nitrogen and oxygen atoms in total. The first-order chi connectivity index (χ1) is 6.13. The Labute approximate surface area is 81.1 Å². The number of nitrogens with zero attached hydrogens (tertiary/aromatic N) is 1. The summed E-state index contributed by atoms with van der Waals surface area (Å²) in [4.78, 5) is 0. The van der Waals surface area contributed by atoms with Gasteiger partial charge in [-0.25, -0.2) is 0 Å². The summed E-state index contributed by atoms with van der Waals surface area (Å²) < 4.78 is 0. The van der Waals surface area contributed by atoms with Crippen LogP contribution in [-0.4, -0.2) is 0 Å². The molecule has 0 aromatic rings. The standard InChI is InChI=1S/C12H17N/c1-5-10(3)7-12(9-13)8-11(4)6-2/h5,7-8H,6H2,1-4H3/b10-5-,11-8-,12-7+. The fraction of sp³-hybridized carbons (Fsp3) is 0.417. The van der Waals surface area contributed by atoms with Crippen LogP contribution in [0.4, 0.5) is 0 Å². The highest BCUT2D eigenvalue weighted by atomic mass is 14.2. The van der Waals surface area contributed by atoms with Gasteiger partial charge < -0.3 is 0 Å². The van der Waals surface area contributed by atoms with E-state index in [2.05, 4.69) is 13.0 Å². The third kappa shape index (κ3) is 5.03. The van der Waals surface area contributed by atoms with E-state index in [0.29, 0.717) is 0 Å². The van der Waals surface area contributed by atoms with E-state index in [1.807, 2.05) is 39.0 Å². The molecule has 0 rings (SSSR count). The fourth-order valence-electron chi connectivity index (χ4n) is 0.802. The average molecular weight is 175 g/mol. The molecule has 13 heavy (non-hydrogen) atoms. The van der Waals surface area contributed by atoms with E-state index in [9.17, 15) is 0 Å². The molecule has 0 saturated carbocycles. The zero-order valence-electron chi connectivity index (χ0n) is 8.89. The molecule has 0 aliphatic heterocycles. The molecule has 0 aliphatic rings. The summed E-state index contributed by atoms with van der Waals surface area (Å²) in [6.45, 7) is 8.09. The van der Waals surface area contributed by atoms with Gasteiger partial charge in [0.15, 0.2) is 0 Å². The van der Waals surface area contributed by atoms with Gasteiger partial charge in [0.1, 0.15) is 0 Å². The molecule has 0 spiro atoms. The first-order valence-corrected chi connectivity index (χ1v) is 4.55. The Morgan fingerprint density at radius 2 is 1.92 bits per heavy atom. The van der Waals surface area contributed by atoms with E-state index < -0.39 is 0 Å². The van der Waals surface area contributed by atoms with Gasteiger partial charge in [-0.2, -0.15) is 5.26 Å². The van der Waals surface area contributed by atoms with E-state index in [0.717, 1.165) is 17.6 Å². The molecule has 0 saturated heterocycles. The van der Waals surface area contributed by atoms with Crippen LogP contribution in [0.3, 0.4) is 0 Å². The molecule has 0 heterocycles. The van der Waals surface area contributed by atoms with Crippen LogP contribution in [0.2, 0.25) is 0 Å². The Kier molecular flexibility index (Phi) is 5.63. The van der Waals surface area contributed by atoms with E-state index in [4.69, 9.17) is 5.26 Å². The minimum atomic E-state index is 0.731. The maximum atomic E-state index is 8.82. The molecule has 1 heteroatoms. The Balaban J connectivity index is 4.75. The van der Waals surface area contributed by atoms with E-state index in [-0.39, 0.29) is 0 Å². The van der Waals surface area contributed by atoms with Crippen LogP contribution < -0.4 is 0 Å². The molecule has 0 amide bonds. The Morgan fingerprint density at radius 1 is 1.31 bits per heavy atom. The lowest BCUT2D eigenvalue weighted by Gasteiger charge is -1.95. The Hall–Kier alpha value is -1.29. The molecule has 0 bridgehead atoms. The summed E-state index contributed by atoms with van der Waals surface area (Å²) in [6.07, 6.45) is 6.83. The number of hydrogen-bond donors (Lipinski definition) is 0. The lowest BCUT2D eigenvalue weighted by atomic mass is 10.1. The van der Waals surface area contributed by atoms with Gasteiger partial charge in [0.2, 0.25) is 0 Å². The normalized spacial score (nSPS) is 14.2. The summed E-state index contributed by atoms with van der Waals surface area (Å²) in [5, 5.41) is 8.82. The van der Waals surface area contributed by atoms with Crippen molar-refractivity contribution in [2.45, 2.75) is 34.1 Å². The Bertz CT molecular complexity index is 285. The van der Waals surface area contributed by atoms with Crippen LogP contribution in [0.1, 0.15) is 34.1 Å². The van der Waals surface area contributed by atoms with Crippen LogP contribution in [0.5, 0.6) is 0 Å². The van der Waals surface area contributed by atoms with Gasteiger partial charge >= 0.3 is 0 Å². The molecule has 0 aliphatic carbocycles. The lowest BCUT2D eigenvalue weighted by Crippen LogP contribution is -1.78. The van der Waals surface area contributed by atoms with Crippen molar-refractivity contribution in [3.8, 4) is 6.07 Å². The van der Waals surface area contributed by atoms with Crippen LogP contribution in [0.15, 0.2) is 34.9 Å². The van der Waals surface area contributed by atoms with Crippen molar-refractivity contribution in [3.05, 3.63) is 34.9 Å². The highest BCUT2D eigenvalue weighted by Gasteiger charge is 1.91. The summed E-state index contributed by atoms with van der Waals surface area (Å²) >= 11 is 0. The van der Waals surface area contributed by atoms with Crippen molar-refractivity contribution in [1.29, 1.82) is 5.26 Å². The highest BCUT2D eigenvalue weighted by Crippen LogP contribution is 2.07. The first kappa shape index (κ1) is 11.7. The third-order valence-electron chi connectivity index (χ3n) is 1.93. The van der Waals surface area contributed by atoms with E-state index in [1.54, 1.807) is 0 Å². The van der Waals surface area contributed by atoms with Crippen LogP contribution in [0.25, 0.3) is 0 Å². The number of rotatable bonds is 3. The molecular formula is C12H17N. The zero-order valence-corrected chi connectivity index (χ0v) is 8.89. The van der Waals surface area contributed by atoms with Crippen LogP contribution in [-0.2, 0) is 0 Å². The number of hydrogen-bond acceptors (Lipinski definition) is 1. The highest BCUT2D eigenvalue weighted by molar-refractivity contribution is 5.40. The fourth-order valence-corrected chi connectivity index (χ4v) is 0.802. The number of allylic oxidation sites excluding steroid dienone is 6. The van der Waals surface area contributed by atoms with E-state index in [1.165, 1.54) is 5.57 Å². The third-order valence-corrected chi connectivity index (χ3v) is 1.93. The van der Waals surface area contributed by atoms with E-state index >= 15 is 0 Å². The molecule has 0 atom stereocenters.